The van der Waals surface area contributed by atoms with Gasteiger partial charge in [-0.25, -0.2) is 4.39 Å². The van der Waals surface area contributed by atoms with Crippen molar-refractivity contribution in [3.8, 4) is 11.3 Å². The van der Waals surface area contributed by atoms with Gasteiger partial charge in [0.25, 0.3) is 5.91 Å². The van der Waals surface area contributed by atoms with Crippen LogP contribution in [0.15, 0.2) is 83.4 Å². The quantitative estimate of drug-likeness (QED) is 0.392. The molecule has 0 saturated heterocycles. The van der Waals surface area contributed by atoms with Crippen LogP contribution in [0.2, 0.25) is 0 Å². The van der Waals surface area contributed by atoms with Crippen molar-refractivity contribution < 1.29 is 13.7 Å². The molecule has 4 aromatic rings. The number of nitrogens with zero attached hydrogens (tertiary/aromatic N) is 2. The van der Waals surface area contributed by atoms with E-state index in [1.54, 1.807) is 4.90 Å². The van der Waals surface area contributed by atoms with Gasteiger partial charge in [0.2, 0.25) is 0 Å². The van der Waals surface area contributed by atoms with Crippen molar-refractivity contribution in [3.05, 3.63) is 113 Å². The molecule has 0 N–H and O–H groups in total. The fourth-order valence-electron chi connectivity index (χ4n) is 3.49. The highest BCUT2D eigenvalue weighted by Gasteiger charge is 2.19. The summed E-state index contributed by atoms with van der Waals surface area (Å²) < 4.78 is 18.9. The maximum Gasteiger partial charge on any atom is 0.254 e. The molecular weight excluding hydrogens is 391 g/mol. The van der Waals surface area contributed by atoms with Gasteiger partial charge in [0.1, 0.15) is 11.5 Å². The molecule has 0 fully saturated rings. The van der Waals surface area contributed by atoms with E-state index in [0.29, 0.717) is 23.6 Å². The van der Waals surface area contributed by atoms with Gasteiger partial charge < -0.3 is 9.42 Å². The van der Waals surface area contributed by atoms with Crippen LogP contribution in [-0.4, -0.2) is 16.0 Å². The van der Waals surface area contributed by atoms with Crippen LogP contribution in [0, 0.1) is 19.7 Å². The fraction of sp³-hybridized carbons (Fsp3) is 0.154. The first-order valence-electron chi connectivity index (χ1n) is 10.1. The molecule has 1 amide bonds. The zero-order valence-electron chi connectivity index (χ0n) is 17.5. The maximum absolute atomic E-state index is 13.3. The standard InChI is InChI=1S/C26H23FN2O2/c1-18-8-9-19(2)24(14-18)25-15-23(28-31-25)17-29(16-20-6-4-3-5-7-20)26(30)21-10-12-22(27)13-11-21/h3-15H,16-17H2,1-2H3. The predicted molar refractivity (Wildman–Crippen MR) is 118 cm³/mol. The number of aromatic nitrogens is 1. The van der Waals surface area contributed by atoms with Crippen molar-refractivity contribution in [3.63, 3.8) is 0 Å². The topological polar surface area (TPSA) is 46.3 Å². The van der Waals surface area contributed by atoms with E-state index in [0.717, 1.165) is 22.3 Å². The molecule has 0 atom stereocenters. The van der Waals surface area contributed by atoms with Crippen molar-refractivity contribution in [1.82, 2.24) is 10.1 Å². The Morgan fingerprint density at radius 3 is 2.42 bits per heavy atom. The van der Waals surface area contributed by atoms with Crippen molar-refractivity contribution in [2.24, 2.45) is 0 Å². The first-order chi connectivity index (χ1) is 15.0. The van der Waals surface area contributed by atoms with Gasteiger partial charge in [0, 0.05) is 23.7 Å². The van der Waals surface area contributed by atoms with E-state index in [2.05, 4.69) is 17.3 Å². The summed E-state index contributed by atoms with van der Waals surface area (Å²) in [5.74, 6) is 0.103. The van der Waals surface area contributed by atoms with E-state index in [1.165, 1.54) is 24.3 Å². The number of aryl methyl sites for hydroxylation is 2. The minimum absolute atomic E-state index is 0.194. The van der Waals surface area contributed by atoms with Crippen LogP contribution in [0.25, 0.3) is 11.3 Å². The van der Waals surface area contributed by atoms with Crippen LogP contribution in [0.4, 0.5) is 4.39 Å². The Kier molecular flexibility index (Phi) is 5.94. The smallest absolute Gasteiger partial charge is 0.254 e. The number of benzene rings is 3. The Bertz CT molecular complexity index is 1180. The number of hydrogen-bond acceptors (Lipinski definition) is 3. The van der Waals surface area contributed by atoms with E-state index in [4.69, 9.17) is 4.52 Å². The van der Waals surface area contributed by atoms with E-state index in [1.807, 2.05) is 56.3 Å². The molecule has 156 valence electrons. The Morgan fingerprint density at radius 2 is 1.68 bits per heavy atom. The summed E-state index contributed by atoms with van der Waals surface area (Å²) in [7, 11) is 0. The van der Waals surface area contributed by atoms with Crippen LogP contribution in [-0.2, 0) is 13.1 Å². The largest absolute Gasteiger partial charge is 0.356 e. The second-order valence-corrected chi connectivity index (χ2v) is 7.65. The van der Waals surface area contributed by atoms with Crippen molar-refractivity contribution in [2.75, 3.05) is 0 Å². The molecule has 0 aliphatic heterocycles. The number of carbonyl (C=O) groups is 1. The van der Waals surface area contributed by atoms with Gasteiger partial charge in [0.15, 0.2) is 5.76 Å². The molecule has 0 bridgehead atoms. The van der Waals surface area contributed by atoms with Gasteiger partial charge in [-0.3, -0.25) is 4.79 Å². The molecule has 0 radical (unpaired) electrons. The zero-order chi connectivity index (χ0) is 21.8. The molecule has 3 aromatic carbocycles. The van der Waals surface area contributed by atoms with E-state index in [-0.39, 0.29) is 18.3 Å². The average Bonchev–Trinajstić information content (AvgIpc) is 3.24. The van der Waals surface area contributed by atoms with Crippen molar-refractivity contribution in [2.45, 2.75) is 26.9 Å². The van der Waals surface area contributed by atoms with Gasteiger partial charge in [-0.15, -0.1) is 0 Å². The highest BCUT2D eigenvalue weighted by Crippen LogP contribution is 2.26. The normalized spacial score (nSPS) is 10.8. The lowest BCUT2D eigenvalue weighted by Crippen LogP contribution is -2.30. The monoisotopic (exact) mass is 414 g/mol. The molecule has 0 unspecified atom stereocenters. The first kappa shape index (κ1) is 20.5. The third kappa shape index (κ3) is 4.89. The molecule has 5 heteroatoms. The summed E-state index contributed by atoms with van der Waals surface area (Å²) in [5, 5.41) is 4.21. The fourth-order valence-corrected chi connectivity index (χ4v) is 3.49. The summed E-state index contributed by atoms with van der Waals surface area (Å²) >= 11 is 0. The molecule has 4 nitrogen and oxygen atoms in total. The van der Waals surface area contributed by atoms with Gasteiger partial charge in [0.05, 0.1) is 6.54 Å². The minimum atomic E-state index is -0.374. The maximum atomic E-state index is 13.3. The van der Waals surface area contributed by atoms with E-state index in [9.17, 15) is 9.18 Å². The summed E-state index contributed by atoms with van der Waals surface area (Å²) in [5.41, 5.74) is 5.29. The van der Waals surface area contributed by atoms with Crippen LogP contribution in [0.5, 0.6) is 0 Å². The molecule has 1 heterocycles. The summed E-state index contributed by atoms with van der Waals surface area (Å²) in [6.07, 6.45) is 0. The number of carbonyl (C=O) groups excluding carboxylic acids is 1. The van der Waals surface area contributed by atoms with Crippen LogP contribution in [0.3, 0.4) is 0 Å². The minimum Gasteiger partial charge on any atom is -0.356 e. The molecule has 31 heavy (non-hydrogen) atoms. The van der Waals surface area contributed by atoms with Gasteiger partial charge in [-0.1, -0.05) is 53.2 Å². The van der Waals surface area contributed by atoms with Crippen LogP contribution in [0.1, 0.15) is 32.7 Å². The lowest BCUT2D eigenvalue weighted by molar-refractivity contribution is 0.0726. The highest BCUT2D eigenvalue weighted by atomic mass is 19.1. The predicted octanol–water partition coefficient (Wildman–Crippen LogP) is 5.94. The number of rotatable bonds is 6. The Labute approximate surface area is 180 Å². The number of amides is 1. The molecule has 4 rings (SSSR count). The van der Waals surface area contributed by atoms with Crippen molar-refractivity contribution >= 4 is 5.91 Å². The van der Waals surface area contributed by atoms with E-state index < -0.39 is 0 Å². The first-order valence-corrected chi connectivity index (χ1v) is 10.1. The Balaban J connectivity index is 1.61. The number of halogens is 1. The van der Waals surface area contributed by atoms with Crippen LogP contribution < -0.4 is 0 Å². The molecule has 0 aliphatic rings. The number of hydrogen-bond donors (Lipinski definition) is 0. The molecular formula is C26H23FN2O2. The second-order valence-electron chi connectivity index (χ2n) is 7.65. The molecule has 0 spiro atoms. The third-order valence-electron chi connectivity index (χ3n) is 5.16. The molecule has 0 aliphatic carbocycles. The second kappa shape index (κ2) is 8.96. The molecule has 1 aromatic heterocycles. The third-order valence-corrected chi connectivity index (χ3v) is 5.16. The van der Waals surface area contributed by atoms with Gasteiger partial charge >= 0.3 is 0 Å². The lowest BCUT2D eigenvalue weighted by Gasteiger charge is -2.22. The lowest BCUT2D eigenvalue weighted by atomic mass is 10.0. The Morgan fingerprint density at radius 1 is 0.935 bits per heavy atom. The van der Waals surface area contributed by atoms with Gasteiger partial charge in [-0.05, 0) is 55.3 Å². The summed E-state index contributed by atoms with van der Waals surface area (Å²) in [4.78, 5) is 14.9. The summed E-state index contributed by atoms with van der Waals surface area (Å²) in [6, 6.07) is 23.4. The Hall–Kier alpha value is -3.73. The summed E-state index contributed by atoms with van der Waals surface area (Å²) in [6.45, 7) is 4.74. The average molecular weight is 414 g/mol. The highest BCUT2D eigenvalue weighted by molar-refractivity contribution is 5.94. The van der Waals surface area contributed by atoms with Crippen molar-refractivity contribution in [1.29, 1.82) is 0 Å². The van der Waals surface area contributed by atoms with Crippen LogP contribution >= 0.6 is 0 Å². The zero-order valence-corrected chi connectivity index (χ0v) is 17.5. The SMILES string of the molecule is Cc1ccc(C)c(-c2cc(CN(Cc3ccccc3)C(=O)c3ccc(F)cc3)no2)c1. The molecule has 0 saturated carbocycles. The van der Waals surface area contributed by atoms with E-state index >= 15 is 0 Å². The van der Waals surface area contributed by atoms with Gasteiger partial charge in [-0.2, -0.15) is 0 Å².